The van der Waals surface area contributed by atoms with Crippen LogP contribution in [0.3, 0.4) is 0 Å². The van der Waals surface area contributed by atoms with Crippen LogP contribution in [0.2, 0.25) is 5.02 Å². The van der Waals surface area contributed by atoms with Gasteiger partial charge in [-0.3, -0.25) is 4.68 Å². The van der Waals surface area contributed by atoms with E-state index in [1.54, 1.807) is 23.0 Å². The molecule has 0 saturated heterocycles. The number of aliphatic hydroxyl groups excluding tert-OH is 1. The highest BCUT2D eigenvalue weighted by atomic mass is 35.5. The van der Waals surface area contributed by atoms with Crippen molar-refractivity contribution in [1.29, 1.82) is 0 Å². The zero-order chi connectivity index (χ0) is 12.4. The second kappa shape index (κ2) is 5.08. The van der Waals surface area contributed by atoms with Gasteiger partial charge in [-0.15, -0.1) is 0 Å². The summed E-state index contributed by atoms with van der Waals surface area (Å²) in [6.45, 7) is 1.84. The highest BCUT2D eigenvalue weighted by Crippen LogP contribution is 2.34. The standard InChI is InChI=1S/C11H12ClN3OS/c1-7-8(6-16)11(15(2)14-7)17-10-9(12)4-3-5-13-10/h3-5,16H,6H2,1-2H3. The third kappa shape index (κ3) is 2.46. The van der Waals surface area contributed by atoms with Crippen LogP contribution in [0.1, 0.15) is 11.3 Å². The van der Waals surface area contributed by atoms with E-state index in [1.807, 2.05) is 14.0 Å². The molecule has 2 heterocycles. The summed E-state index contributed by atoms with van der Waals surface area (Å²) >= 11 is 7.46. The Hall–Kier alpha value is -1.04. The molecule has 4 nitrogen and oxygen atoms in total. The van der Waals surface area contributed by atoms with Crippen LogP contribution in [0.4, 0.5) is 0 Å². The van der Waals surface area contributed by atoms with E-state index in [1.165, 1.54) is 11.8 Å². The SMILES string of the molecule is Cc1nn(C)c(Sc2ncccc2Cl)c1CO. The first-order chi connectivity index (χ1) is 8.13. The number of halogens is 1. The van der Waals surface area contributed by atoms with Gasteiger partial charge in [-0.1, -0.05) is 11.6 Å². The predicted octanol–water partition coefficient (Wildman–Crippen LogP) is 2.42. The first-order valence-electron chi connectivity index (χ1n) is 5.05. The molecule has 0 aliphatic carbocycles. The third-order valence-corrected chi connectivity index (χ3v) is 4.00. The molecule has 0 aliphatic rings. The van der Waals surface area contributed by atoms with Gasteiger partial charge in [0.2, 0.25) is 0 Å². The highest BCUT2D eigenvalue weighted by Gasteiger charge is 2.15. The van der Waals surface area contributed by atoms with Crippen LogP contribution >= 0.6 is 23.4 Å². The molecule has 6 heteroatoms. The molecule has 0 aromatic carbocycles. The molecule has 17 heavy (non-hydrogen) atoms. The summed E-state index contributed by atoms with van der Waals surface area (Å²) in [6, 6.07) is 3.58. The number of aliphatic hydroxyl groups is 1. The summed E-state index contributed by atoms with van der Waals surface area (Å²) < 4.78 is 1.73. The Balaban J connectivity index is 2.40. The van der Waals surface area contributed by atoms with Crippen LogP contribution in [0.15, 0.2) is 28.4 Å². The maximum Gasteiger partial charge on any atom is 0.121 e. The van der Waals surface area contributed by atoms with Crippen LogP contribution in [0.25, 0.3) is 0 Å². The maximum atomic E-state index is 9.34. The molecule has 0 spiro atoms. The minimum absolute atomic E-state index is 0.0353. The Morgan fingerprint density at radius 3 is 2.94 bits per heavy atom. The first-order valence-corrected chi connectivity index (χ1v) is 6.24. The fraction of sp³-hybridized carbons (Fsp3) is 0.273. The molecule has 2 rings (SSSR count). The number of hydrogen-bond acceptors (Lipinski definition) is 4. The lowest BCUT2D eigenvalue weighted by molar-refractivity contribution is 0.277. The first kappa shape index (κ1) is 12.4. The Morgan fingerprint density at radius 2 is 2.29 bits per heavy atom. The van der Waals surface area contributed by atoms with E-state index < -0.39 is 0 Å². The van der Waals surface area contributed by atoms with Crippen LogP contribution in [0, 0.1) is 6.92 Å². The zero-order valence-corrected chi connectivity index (χ0v) is 11.1. The summed E-state index contributed by atoms with van der Waals surface area (Å²) in [4.78, 5) is 4.21. The van der Waals surface area contributed by atoms with Crippen molar-refractivity contribution >= 4 is 23.4 Å². The lowest BCUT2D eigenvalue weighted by Gasteiger charge is -2.05. The number of rotatable bonds is 3. The quantitative estimate of drug-likeness (QED) is 0.930. The largest absolute Gasteiger partial charge is 0.392 e. The normalized spacial score (nSPS) is 10.8. The Labute approximate surface area is 109 Å². The molecular weight excluding hydrogens is 258 g/mol. The molecule has 0 bridgehead atoms. The van der Waals surface area contributed by atoms with Crippen molar-refractivity contribution < 1.29 is 5.11 Å². The molecular formula is C11H12ClN3OS. The molecule has 1 N–H and O–H groups in total. The topological polar surface area (TPSA) is 50.9 Å². The molecule has 0 saturated carbocycles. The number of nitrogens with zero attached hydrogens (tertiary/aromatic N) is 3. The van der Waals surface area contributed by atoms with Crippen LogP contribution in [-0.4, -0.2) is 19.9 Å². The van der Waals surface area contributed by atoms with E-state index in [0.717, 1.165) is 16.3 Å². The molecule has 0 atom stereocenters. The molecule has 0 aliphatic heterocycles. The number of aryl methyl sites for hydroxylation is 2. The van der Waals surface area contributed by atoms with Gasteiger partial charge in [0, 0.05) is 18.8 Å². The van der Waals surface area contributed by atoms with E-state index in [2.05, 4.69) is 10.1 Å². The van der Waals surface area contributed by atoms with Crippen LogP contribution in [-0.2, 0) is 13.7 Å². The monoisotopic (exact) mass is 269 g/mol. The molecule has 2 aromatic rings. The van der Waals surface area contributed by atoms with Gasteiger partial charge in [-0.2, -0.15) is 5.10 Å². The van der Waals surface area contributed by atoms with Crippen molar-refractivity contribution in [1.82, 2.24) is 14.8 Å². The average Bonchev–Trinajstić information content (AvgIpc) is 2.56. The average molecular weight is 270 g/mol. The van der Waals surface area contributed by atoms with Crippen molar-refractivity contribution in [3.8, 4) is 0 Å². The minimum Gasteiger partial charge on any atom is -0.392 e. The molecule has 2 aromatic heterocycles. The molecule has 0 unspecified atom stereocenters. The molecule has 0 fully saturated rings. The summed E-state index contributed by atoms with van der Waals surface area (Å²) in [5, 5.41) is 15.8. The van der Waals surface area contributed by atoms with E-state index in [4.69, 9.17) is 11.6 Å². The van der Waals surface area contributed by atoms with Gasteiger partial charge in [0.15, 0.2) is 0 Å². The number of hydrogen-bond donors (Lipinski definition) is 1. The van der Waals surface area contributed by atoms with Gasteiger partial charge in [-0.05, 0) is 30.8 Å². The summed E-state index contributed by atoms with van der Waals surface area (Å²) in [5.74, 6) is 0. The predicted molar refractivity (Wildman–Crippen MR) is 67.2 cm³/mol. The van der Waals surface area contributed by atoms with Crippen LogP contribution < -0.4 is 0 Å². The van der Waals surface area contributed by atoms with Gasteiger partial charge in [0.25, 0.3) is 0 Å². The Bertz CT molecular complexity index is 542. The Morgan fingerprint density at radius 1 is 1.53 bits per heavy atom. The molecule has 90 valence electrons. The smallest absolute Gasteiger partial charge is 0.121 e. The van der Waals surface area contributed by atoms with Gasteiger partial charge < -0.3 is 5.11 Å². The summed E-state index contributed by atoms with van der Waals surface area (Å²) in [7, 11) is 1.84. The Kier molecular flexibility index (Phi) is 3.71. The second-order valence-electron chi connectivity index (χ2n) is 3.54. The van der Waals surface area contributed by atoms with Crippen molar-refractivity contribution in [2.45, 2.75) is 23.6 Å². The van der Waals surface area contributed by atoms with Crippen molar-refractivity contribution in [2.75, 3.05) is 0 Å². The lowest BCUT2D eigenvalue weighted by Crippen LogP contribution is -1.94. The van der Waals surface area contributed by atoms with E-state index >= 15 is 0 Å². The van der Waals surface area contributed by atoms with E-state index in [-0.39, 0.29) is 6.61 Å². The summed E-state index contributed by atoms with van der Waals surface area (Å²) in [5.41, 5.74) is 1.64. The highest BCUT2D eigenvalue weighted by molar-refractivity contribution is 7.99. The lowest BCUT2D eigenvalue weighted by atomic mass is 10.3. The van der Waals surface area contributed by atoms with Gasteiger partial charge in [-0.25, -0.2) is 4.98 Å². The molecule has 0 radical (unpaired) electrons. The fourth-order valence-corrected chi connectivity index (χ4v) is 2.74. The van der Waals surface area contributed by atoms with Crippen molar-refractivity contribution in [2.24, 2.45) is 7.05 Å². The fourth-order valence-electron chi connectivity index (χ4n) is 1.53. The minimum atomic E-state index is -0.0353. The van der Waals surface area contributed by atoms with Gasteiger partial charge in [0.05, 0.1) is 17.3 Å². The molecule has 0 amide bonds. The maximum absolute atomic E-state index is 9.34. The van der Waals surface area contributed by atoms with Crippen molar-refractivity contribution in [3.63, 3.8) is 0 Å². The van der Waals surface area contributed by atoms with Crippen molar-refractivity contribution in [3.05, 3.63) is 34.6 Å². The van der Waals surface area contributed by atoms with Gasteiger partial charge >= 0.3 is 0 Å². The second-order valence-corrected chi connectivity index (χ2v) is 4.93. The number of pyridine rings is 1. The van der Waals surface area contributed by atoms with Gasteiger partial charge in [0.1, 0.15) is 10.1 Å². The third-order valence-electron chi connectivity index (χ3n) is 2.36. The summed E-state index contributed by atoms with van der Waals surface area (Å²) in [6.07, 6.45) is 1.69. The number of aromatic nitrogens is 3. The van der Waals surface area contributed by atoms with Crippen LogP contribution in [0.5, 0.6) is 0 Å². The van der Waals surface area contributed by atoms with E-state index in [9.17, 15) is 5.11 Å². The zero-order valence-electron chi connectivity index (χ0n) is 9.51. The van der Waals surface area contributed by atoms with E-state index in [0.29, 0.717) is 10.0 Å².